The summed E-state index contributed by atoms with van der Waals surface area (Å²) in [7, 11) is 0. The van der Waals surface area contributed by atoms with Crippen LogP contribution in [0.2, 0.25) is 0 Å². The Hall–Kier alpha value is -2.35. The summed E-state index contributed by atoms with van der Waals surface area (Å²) in [5.74, 6) is 0.395. The van der Waals surface area contributed by atoms with Crippen molar-refractivity contribution in [1.82, 2.24) is 0 Å². The number of ketones is 1. The second kappa shape index (κ2) is 5.57. The Kier molecular flexibility index (Phi) is 3.61. The van der Waals surface area contributed by atoms with E-state index in [4.69, 9.17) is 4.42 Å². The average Bonchev–Trinajstić information content (AvgIpc) is 2.85. The molecule has 0 N–H and O–H groups in total. The summed E-state index contributed by atoms with van der Waals surface area (Å²) in [5.41, 5.74) is 3.61. The number of aryl methyl sites for hydroxylation is 2. The Morgan fingerprint density at radius 1 is 1.05 bits per heavy atom. The Labute approximate surface area is 124 Å². The summed E-state index contributed by atoms with van der Waals surface area (Å²) in [6.45, 7) is 4.08. The normalized spacial score (nSPS) is 11.0. The van der Waals surface area contributed by atoms with Crippen LogP contribution in [0.3, 0.4) is 0 Å². The van der Waals surface area contributed by atoms with Crippen LogP contribution < -0.4 is 0 Å². The fraction of sp³-hybridized carbons (Fsp3) is 0.211. The topological polar surface area (TPSA) is 30.2 Å². The van der Waals surface area contributed by atoms with Gasteiger partial charge >= 0.3 is 0 Å². The molecule has 2 heteroatoms. The highest BCUT2D eigenvalue weighted by Crippen LogP contribution is 2.26. The maximum atomic E-state index is 12.6. The molecule has 2 aromatic carbocycles. The van der Waals surface area contributed by atoms with E-state index in [1.807, 2.05) is 55.5 Å². The lowest BCUT2D eigenvalue weighted by molar-refractivity contribution is 0.101. The molecule has 0 atom stereocenters. The summed E-state index contributed by atoms with van der Waals surface area (Å²) in [6.07, 6.45) is 2.15. The fourth-order valence-electron chi connectivity index (χ4n) is 2.63. The van der Waals surface area contributed by atoms with Crippen molar-refractivity contribution in [3.63, 3.8) is 0 Å². The van der Waals surface area contributed by atoms with Crippen LogP contribution in [-0.2, 0) is 6.42 Å². The molecule has 0 amide bonds. The lowest BCUT2D eigenvalue weighted by atomic mass is 10.0. The highest BCUT2D eigenvalue weighted by Gasteiger charge is 2.18. The molecule has 0 aliphatic carbocycles. The van der Waals surface area contributed by atoms with Crippen LogP contribution in [0.1, 0.15) is 40.6 Å². The molecule has 0 aliphatic heterocycles. The lowest BCUT2D eigenvalue weighted by Crippen LogP contribution is -2.01. The van der Waals surface area contributed by atoms with Crippen LogP contribution in [0.25, 0.3) is 11.0 Å². The largest absolute Gasteiger partial charge is 0.452 e. The van der Waals surface area contributed by atoms with Gasteiger partial charge in [-0.25, -0.2) is 0 Å². The van der Waals surface area contributed by atoms with Gasteiger partial charge in [0.25, 0.3) is 0 Å². The Bertz CT molecular complexity index is 779. The SMILES string of the molecule is CCCc1ccc(C(=O)c2oc3ccccc3c2C)cc1. The molecule has 3 aromatic rings. The number of para-hydroxylation sites is 1. The number of fused-ring (bicyclic) bond motifs is 1. The van der Waals surface area contributed by atoms with Gasteiger partial charge < -0.3 is 4.42 Å². The van der Waals surface area contributed by atoms with Crippen molar-refractivity contribution in [3.8, 4) is 0 Å². The minimum Gasteiger partial charge on any atom is -0.452 e. The number of hydrogen-bond acceptors (Lipinski definition) is 2. The number of rotatable bonds is 4. The number of hydrogen-bond donors (Lipinski definition) is 0. The van der Waals surface area contributed by atoms with Gasteiger partial charge in [0.2, 0.25) is 5.78 Å². The van der Waals surface area contributed by atoms with Gasteiger partial charge in [-0.3, -0.25) is 4.79 Å². The third-order valence-electron chi connectivity index (χ3n) is 3.80. The van der Waals surface area contributed by atoms with Gasteiger partial charge in [0.05, 0.1) is 0 Å². The monoisotopic (exact) mass is 278 g/mol. The zero-order valence-electron chi connectivity index (χ0n) is 12.3. The smallest absolute Gasteiger partial charge is 0.228 e. The van der Waals surface area contributed by atoms with Gasteiger partial charge in [-0.1, -0.05) is 55.8 Å². The molecule has 0 bridgehead atoms. The molecule has 0 saturated heterocycles. The molecular weight excluding hydrogens is 260 g/mol. The van der Waals surface area contributed by atoms with Gasteiger partial charge in [0, 0.05) is 16.5 Å². The average molecular weight is 278 g/mol. The predicted molar refractivity (Wildman–Crippen MR) is 84.8 cm³/mol. The van der Waals surface area contributed by atoms with E-state index in [-0.39, 0.29) is 5.78 Å². The summed E-state index contributed by atoms with van der Waals surface area (Å²) in [6, 6.07) is 15.6. The lowest BCUT2D eigenvalue weighted by Gasteiger charge is -2.02. The first-order valence-corrected chi connectivity index (χ1v) is 7.32. The highest BCUT2D eigenvalue weighted by atomic mass is 16.3. The standard InChI is InChI=1S/C19H18O2/c1-3-6-14-9-11-15(12-10-14)18(20)19-13(2)16-7-4-5-8-17(16)21-19/h4-5,7-12H,3,6H2,1-2H3. The van der Waals surface area contributed by atoms with E-state index in [0.29, 0.717) is 11.3 Å². The second-order valence-electron chi connectivity index (χ2n) is 5.33. The zero-order valence-corrected chi connectivity index (χ0v) is 12.3. The number of carbonyl (C=O) groups excluding carboxylic acids is 1. The molecule has 0 aliphatic rings. The summed E-state index contributed by atoms with van der Waals surface area (Å²) >= 11 is 0. The van der Waals surface area contributed by atoms with Crippen LogP contribution in [0.5, 0.6) is 0 Å². The quantitative estimate of drug-likeness (QED) is 0.634. The van der Waals surface area contributed by atoms with Crippen LogP contribution in [-0.4, -0.2) is 5.78 Å². The number of carbonyl (C=O) groups is 1. The molecule has 0 spiro atoms. The van der Waals surface area contributed by atoms with E-state index in [1.54, 1.807) is 0 Å². The highest BCUT2D eigenvalue weighted by molar-refractivity contribution is 6.10. The Morgan fingerprint density at radius 2 is 1.76 bits per heavy atom. The van der Waals surface area contributed by atoms with E-state index < -0.39 is 0 Å². The van der Waals surface area contributed by atoms with Crippen LogP contribution in [0.4, 0.5) is 0 Å². The molecule has 21 heavy (non-hydrogen) atoms. The fourth-order valence-corrected chi connectivity index (χ4v) is 2.63. The van der Waals surface area contributed by atoms with E-state index >= 15 is 0 Å². The molecular formula is C19H18O2. The van der Waals surface area contributed by atoms with E-state index in [9.17, 15) is 4.79 Å². The predicted octanol–water partition coefficient (Wildman–Crippen LogP) is 4.92. The molecule has 3 rings (SSSR count). The molecule has 0 unspecified atom stereocenters. The van der Waals surface area contributed by atoms with Crippen molar-refractivity contribution >= 4 is 16.8 Å². The molecule has 106 valence electrons. The third-order valence-corrected chi connectivity index (χ3v) is 3.80. The van der Waals surface area contributed by atoms with Gasteiger partial charge in [-0.05, 0) is 25.0 Å². The third kappa shape index (κ3) is 2.49. The van der Waals surface area contributed by atoms with Gasteiger partial charge in [0.15, 0.2) is 5.76 Å². The van der Waals surface area contributed by atoms with E-state index in [1.165, 1.54) is 5.56 Å². The maximum Gasteiger partial charge on any atom is 0.228 e. The van der Waals surface area contributed by atoms with Crippen molar-refractivity contribution < 1.29 is 9.21 Å². The molecule has 0 radical (unpaired) electrons. The second-order valence-corrected chi connectivity index (χ2v) is 5.33. The van der Waals surface area contributed by atoms with Crippen molar-refractivity contribution in [1.29, 1.82) is 0 Å². The van der Waals surface area contributed by atoms with Crippen molar-refractivity contribution in [2.45, 2.75) is 26.7 Å². The molecule has 1 aromatic heterocycles. The summed E-state index contributed by atoms with van der Waals surface area (Å²) < 4.78 is 5.74. The molecule has 2 nitrogen and oxygen atoms in total. The first-order chi connectivity index (χ1) is 10.2. The van der Waals surface area contributed by atoms with Crippen molar-refractivity contribution in [3.05, 3.63) is 71.0 Å². The zero-order chi connectivity index (χ0) is 14.8. The molecule has 0 fully saturated rings. The first kappa shape index (κ1) is 13.6. The van der Waals surface area contributed by atoms with Gasteiger partial charge in [-0.2, -0.15) is 0 Å². The first-order valence-electron chi connectivity index (χ1n) is 7.32. The van der Waals surface area contributed by atoms with Crippen LogP contribution in [0, 0.1) is 6.92 Å². The minimum atomic E-state index is -0.0493. The van der Waals surface area contributed by atoms with Crippen LogP contribution >= 0.6 is 0 Å². The van der Waals surface area contributed by atoms with Crippen molar-refractivity contribution in [2.24, 2.45) is 0 Å². The Balaban J connectivity index is 1.98. The van der Waals surface area contributed by atoms with E-state index in [0.717, 1.165) is 29.4 Å². The maximum absolute atomic E-state index is 12.6. The minimum absolute atomic E-state index is 0.0493. The van der Waals surface area contributed by atoms with Crippen LogP contribution in [0.15, 0.2) is 52.9 Å². The van der Waals surface area contributed by atoms with E-state index in [2.05, 4.69) is 6.92 Å². The Morgan fingerprint density at radius 3 is 2.43 bits per heavy atom. The number of furan rings is 1. The number of benzene rings is 2. The summed E-state index contributed by atoms with van der Waals surface area (Å²) in [4.78, 5) is 12.6. The van der Waals surface area contributed by atoms with Crippen molar-refractivity contribution in [2.75, 3.05) is 0 Å². The van der Waals surface area contributed by atoms with Gasteiger partial charge in [0.1, 0.15) is 5.58 Å². The molecule has 0 saturated carbocycles. The molecule has 1 heterocycles. The summed E-state index contributed by atoms with van der Waals surface area (Å²) in [5, 5.41) is 1.00. The van der Waals surface area contributed by atoms with Gasteiger partial charge in [-0.15, -0.1) is 0 Å².